The van der Waals surface area contributed by atoms with Crippen molar-refractivity contribution in [1.29, 1.82) is 0 Å². The fourth-order valence-corrected chi connectivity index (χ4v) is 2.93. The number of fused-ring (bicyclic) bond motifs is 1. The zero-order valence-corrected chi connectivity index (χ0v) is 13.1. The van der Waals surface area contributed by atoms with Gasteiger partial charge in [-0.05, 0) is 12.5 Å². The molecule has 4 nitrogen and oxygen atoms in total. The molecule has 3 rings (SSSR count). The summed E-state index contributed by atoms with van der Waals surface area (Å²) in [6.45, 7) is 2.49. The van der Waals surface area contributed by atoms with Crippen LogP contribution in [0.15, 0.2) is 47.8 Å². The first-order valence-electron chi connectivity index (χ1n) is 6.61. The fourth-order valence-electron chi connectivity index (χ4n) is 1.95. The van der Waals surface area contributed by atoms with Gasteiger partial charge in [-0.25, -0.2) is 4.52 Å². The first-order valence-corrected chi connectivity index (χ1v) is 7.98. The van der Waals surface area contributed by atoms with Gasteiger partial charge >= 0.3 is 0 Å². The van der Waals surface area contributed by atoms with Crippen LogP contribution in [0.2, 0.25) is 5.02 Å². The number of halogens is 1. The summed E-state index contributed by atoms with van der Waals surface area (Å²) in [5.41, 5.74) is 1.93. The molecule has 2 aromatic heterocycles. The van der Waals surface area contributed by atoms with Crippen molar-refractivity contribution in [2.24, 2.45) is 0 Å². The summed E-state index contributed by atoms with van der Waals surface area (Å²) in [7, 11) is 0. The Morgan fingerprint density at radius 2 is 2.10 bits per heavy atom. The first kappa shape index (κ1) is 14.2. The van der Waals surface area contributed by atoms with Crippen LogP contribution in [0.1, 0.15) is 12.5 Å². The molecular formula is C15H14ClN3OS. The topological polar surface area (TPSA) is 39.4 Å². The lowest BCUT2D eigenvalue weighted by atomic mass is 10.2. The second kappa shape index (κ2) is 6.37. The van der Waals surface area contributed by atoms with E-state index in [9.17, 15) is 0 Å². The molecule has 0 saturated carbocycles. The van der Waals surface area contributed by atoms with Crippen LogP contribution in [-0.4, -0.2) is 21.2 Å². The smallest absolute Gasteiger partial charge is 0.209 e. The van der Waals surface area contributed by atoms with E-state index >= 15 is 0 Å². The third-order valence-corrected chi connectivity index (χ3v) is 3.97. The van der Waals surface area contributed by atoms with E-state index in [0.717, 1.165) is 5.75 Å². The van der Waals surface area contributed by atoms with E-state index in [-0.39, 0.29) is 0 Å². The zero-order chi connectivity index (χ0) is 14.7. The molecule has 0 aliphatic heterocycles. The van der Waals surface area contributed by atoms with Crippen LogP contribution in [0.5, 0.6) is 5.75 Å². The molecule has 0 unspecified atom stereocenters. The highest BCUT2D eigenvalue weighted by atomic mass is 35.5. The van der Waals surface area contributed by atoms with Crippen molar-refractivity contribution in [2.45, 2.75) is 17.8 Å². The number of thioether (sulfide) groups is 1. The molecule has 1 aromatic carbocycles. The van der Waals surface area contributed by atoms with E-state index in [0.29, 0.717) is 28.2 Å². The number of aromatic nitrogens is 3. The van der Waals surface area contributed by atoms with Gasteiger partial charge in [0.1, 0.15) is 0 Å². The van der Waals surface area contributed by atoms with Crippen LogP contribution in [0.3, 0.4) is 0 Å². The number of hydrogen-bond donors (Lipinski definition) is 0. The van der Waals surface area contributed by atoms with Crippen LogP contribution in [0.4, 0.5) is 0 Å². The summed E-state index contributed by atoms with van der Waals surface area (Å²) in [6.07, 6.45) is 1.74. The molecule has 0 fully saturated rings. The minimum absolute atomic E-state index is 0.565. The Kier molecular flexibility index (Phi) is 4.31. The first-order chi connectivity index (χ1) is 10.3. The lowest BCUT2D eigenvalue weighted by Crippen LogP contribution is -1.96. The zero-order valence-electron chi connectivity index (χ0n) is 11.5. The standard InChI is InChI=1S/C15H14ClN3OS/c1-2-20-13-8-12(16)9-19-14(13)17-15(18-19)21-10-11-6-4-3-5-7-11/h3-9H,2,10H2,1H3. The number of nitrogens with zero attached hydrogens (tertiary/aromatic N) is 3. The van der Waals surface area contributed by atoms with Crippen LogP contribution >= 0.6 is 23.4 Å². The Hall–Kier alpha value is -1.72. The number of benzene rings is 1. The van der Waals surface area contributed by atoms with Crippen LogP contribution in [-0.2, 0) is 5.75 Å². The molecule has 0 spiro atoms. The van der Waals surface area contributed by atoms with Crippen molar-refractivity contribution in [1.82, 2.24) is 14.6 Å². The Labute approximate surface area is 132 Å². The normalized spacial score (nSPS) is 11.0. The van der Waals surface area contributed by atoms with E-state index in [1.54, 1.807) is 28.5 Å². The third-order valence-electron chi connectivity index (χ3n) is 2.86. The largest absolute Gasteiger partial charge is 0.490 e. The lowest BCUT2D eigenvalue weighted by Gasteiger charge is -2.03. The van der Waals surface area contributed by atoms with Gasteiger partial charge in [0, 0.05) is 18.0 Å². The van der Waals surface area contributed by atoms with Gasteiger partial charge in [0.2, 0.25) is 5.16 Å². The molecule has 6 heteroatoms. The maximum absolute atomic E-state index is 6.07. The molecule has 0 amide bonds. The molecule has 0 N–H and O–H groups in total. The summed E-state index contributed by atoms with van der Waals surface area (Å²) in [5, 5.41) is 5.72. The molecule has 3 aromatic rings. The summed E-state index contributed by atoms with van der Waals surface area (Å²) in [6, 6.07) is 12.0. The van der Waals surface area contributed by atoms with E-state index in [1.165, 1.54) is 5.56 Å². The van der Waals surface area contributed by atoms with Crippen molar-refractivity contribution >= 4 is 29.0 Å². The average molecular weight is 320 g/mol. The Morgan fingerprint density at radius 3 is 2.86 bits per heavy atom. The van der Waals surface area contributed by atoms with Gasteiger partial charge in [0.25, 0.3) is 0 Å². The van der Waals surface area contributed by atoms with Crippen molar-refractivity contribution in [3.63, 3.8) is 0 Å². The van der Waals surface area contributed by atoms with Crippen LogP contribution < -0.4 is 4.74 Å². The number of ether oxygens (including phenoxy) is 1. The molecule has 0 radical (unpaired) electrons. The molecule has 0 aliphatic carbocycles. The monoisotopic (exact) mass is 319 g/mol. The number of hydrogen-bond acceptors (Lipinski definition) is 4. The highest BCUT2D eigenvalue weighted by Crippen LogP contribution is 2.26. The van der Waals surface area contributed by atoms with E-state index in [1.807, 2.05) is 25.1 Å². The van der Waals surface area contributed by atoms with Gasteiger partial charge in [0.15, 0.2) is 11.4 Å². The van der Waals surface area contributed by atoms with Crippen molar-refractivity contribution in [2.75, 3.05) is 6.61 Å². The summed E-state index contributed by atoms with van der Waals surface area (Å²) < 4.78 is 7.23. The quantitative estimate of drug-likeness (QED) is 0.664. The van der Waals surface area contributed by atoms with Gasteiger partial charge in [-0.1, -0.05) is 53.7 Å². The number of pyridine rings is 1. The minimum atomic E-state index is 0.565. The highest BCUT2D eigenvalue weighted by molar-refractivity contribution is 7.98. The Bertz CT molecular complexity index is 745. The maximum Gasteiger partial charge on any atom is 0.209 e. The van der Waals surface area contributed by atoms with Gasteiger partial charge in [-0.2, -0.15) is 4.98 Å². The van der Waals surface area contributed by atoms with Gasteiger partial charge < -0.3 is 4.74 Å². The molecule has 0 saturated heterocycles. The lowest BCUT2D eigenvalue weighted by molar-refractivity contribution is 0.342. The van der Waals surface area contributed by atoms with Gasteiger partial charge in [0.05, 0.1) is 11.6 Å². The maximum atomic E-state index is 6.07. The summed E-state index contributed by atoms with van der Waals surface area (Å²) in [5.74, 6) is 1.49. The van der Waals surface area contributed by atoms with Gasteiger partial charge in [-0.3, -0.25) is 0 Å². The van der Waals surface area contributed by atoms with Crippen LogP contribution in [0, 0.1) is 0 Å². The van der Waals surface area contributed by atoms with E-state index in [4.69, 9.17) is 16.3 Å². The second-order valence-electron chi connectivity index (χ2n) is 4.39. The molecule has 21 heavy (non-hydrogen) atoms. The second-order valence-corrected chi connectivity index (χ2v) is 5.77. The molecule has 0 bridgehead atoms. The number of rotatable bonds is 5. The van der Waals surface area contributed by atoms with E-state index in [2.05, 4.69) is 22.2 Å². The SMILES string of the molecule is CCOc1cc(Cl)cn2nc(SCc3ccccc3)nc12. The van der Waals surface area contributed by atoms with E-state index < -0.39 is 0 Å². The third kappa shape index (κ3) is 3.31. The molecule has 0 aliphatic rings. The van der Waals surface area contributed by atoms with Gasteiger partial charge in [-0.15, -0.1) is 5.10 Å². The Morgan fingerprint density at radius 1 is 1.29 bits per heavy atom. The van der Waals surface area contributed by atoms with Crippen molar-refractivity contribution in [3.05, 3.63) is 53.2 Å². The van der Waals surface area contributed by atoms with Crippen molar-refractivity contribution in [3.8, 4) is 5.75 Å². The summed E-state index contributed by atoms with van der Waals surface area (Å²) in [4.78, 5) is 4.52. The molecule has 0 atom stereocenters. The molecule has 2 heterocycles. The average Bonchev–Trinajstić information content (AvgIpc) is 2.89. The van der Waals surface area contributed by atoms with Crippen LogP contribution in [0.25, 0.3) is 5.65 Å². The minimum Gasteiger partial charge on any atom is -0.490 e. The molecular weight excluding hydrogens is 306 g/mol. The predicted octanol–water partition coefficient (Wildman–Crippen LogP) is 4.07. The van der Waals surface area contributed by atoms with Crippen molar-refractivity contribution < 1.29 is 4.74 Å². The predicted molar refractivity (Wildman–Crippen MR) is 85.2 cm³/mol. The Balaban J connectivity index is 1.85. The highest BCUT2D eigenvalue weighted by Gasteiger charge is 2.11. The fraction of sp³-hybridized carbons (Fsp3) is 0.200. The molecule has 108 valence electrons. The summed E-state index contributed by atoms with van der Waals surface area (Å²) >= 11 is 7.66.